The van der Waals surface area contributed by atoms with E-state index in [1.807, 2.05) is 10.7 Å². The number of nitrogens with two attached hydrogens (primary N) is 1. The smallest absolute Gasteiger partial charge is 0.239 e. The number of nitrogens with zero attached hydrogens (tertiary/aromatic N) is 3. The van der Waals surface area contributed by atoms with Crippen molar-refractivity contribution in [2.24, 2.45) is 11.7 Å². The number of carbonyl (C=O) groups excluding carboxylic acids is 2. The van der Waals surface area contributed by atoms with Gasteiger partial charge in [-0.2, -0.15) is 5.10 Å². The van der Waals surface area contributed by atoms with Gasteiger partial charge in [0.15, 0.2) is 0 Å². The summed E-state index contributed by atoms with van der Waals surface area (Å²) in [6.07, 6.45) is 5.28. The van der Waals surface area contributed by atoms with Crippen molar-refractivity contribution in [2.45, 2.75) is 39.2 Å². The van der Waals surface area contributed by atoms with E-state index < -0.39 is 0 Å². The Labute approximate surface area is 130 Å². The maximum atomic E-state index is 12.1. The van der Waals surface area contributed by atoms with E-state index in [4.69, 9.17) is 5.73 Å². The van der Waals surface area contributed by atoms with Gasteiger partial charge in [0, 0.05) is 18.5 Å². The molecule has 2 heterocycles. The lowest BCUT2D eigenvalue weighted by Gasteiger charge is -2.29. The first kappa shape index (κ1) is 16.5. The number of piperidine rings is 1. The maximum absolute atomic E-state index is 12.1. The molecule has 22 heavy (non-hydrogen) atoms. The van der Waals surface area contributed by atoms with Crippen molar-refractivity contribution in [2.75, 3.05) is 25.0 Å². The zero-order chi connectivity index (χ0) is 15.9. The van der Waals surface area contributed by atoms with Gasteiger partial charge in [-0.1, -0.05) is 13.3 Å². The number of unbranched alkanes of at least 4 members (excludes halogenated alkanes) is 1. The summed E-state index contributed by atoms with van der Waals surface area (Å²) >= 11 is 0. The van der Waals surface area contributed by atoms with Gasteiger partial charge >= 0.3 is 0 Å². The van der Waals surface area contributed by atoms with Gasteiger partial charge in [0.2, 0.25) is 11.8 Å². The van der Waals surface area contributed by atoms with Crippen LogP contribution >= 0.6 is 0 Å². The van der Waals surface area contributed by atoms with Crippen molar-refractivity contribution in [3.05, 3.63) is 12.3 Å². The highest BCUT2D eigenvalue weighted by Gasteiger charge is 2.24. The Bertz CT molecular complexity index is 506. The second-order valence-corrected chi connectivity index (χ2v) is 5.79. The summed E-state index contributed by atoms with van der Waals surface area (Å²) < 4.78 is 1.82. The number of rotatable bonds is 7. The number of primary amides is 1. The van der Waals surface area contributed by atoms with Gasteiger partial charge in [0.1, 0.15) is 5.82 Å². The van der Waals surface area contributed by atoms with Crippen molar-refractivity contribution in [3.63, 3.8) is 0 Å². The first-order valence-corrected chi connectivity index (χ1v) is 7.93. The topological polar surface area (TPSA) is 93.2 Å². The number of amides is 2. The third-order valence-electron chi connectivity index (χ3n) is 4.06. The summed E-state index contributed by atoms with van der Waals surface area (Å²) in [6.45, 7) is 4.73. The fourth-order valence-corrected chi connectivity index (χ4v) is 2.69. The standard InChI is InChI=1S/C15H25N5O2/c1-2-3-8-20-13(4-7-17-20)18-14(21)11-19-9-5-12(6-10-19)15(16)22/h4,7,12H,2-3,5-6,8-11H2,1H3,(H2,16,22)(H,18,21). The second-order valence-electron chi connectivity index (χ2n) is 5.79. The number of likely N-dealkylation sites (tertiary alicyclic amines) is 1. The third-order valence-corrected chi connectivity index (χ3v) is 4.06. The summed E-state index contributed by atoms with van der Waals surface area (Å²) in [6, 6.07) is 1.81. The molecule has 0 spiro atoms. The van der Waals surface area contributed by atoms with Gasteiger partial charge in [0.05, 0.1) is 12.7 Å². The minimum atomic E-state index is -0.232. The molecular weight excluding hydrogens is 282 g/mol. The SMILES string of the molecule is CCCCn1nccc1NC(=O)CN1CCC(C(N)=O)CC1. The number of aromatic nitrogens is 2. The highest BCUT2D eigenvalue weighted by Crippen LogP contribution is 2.16. The summed E-state index contributed by atoms with van der Waals surface area (Å²) in [7, 11) is 0. The Hall–Kier alpha value is -1.89. The summed E-state index contributed by atoms with van der Waals surface area (Å²) in [4.78, 5) is 25.3. The van der Waals surface area contributed by atoms with Gasteiger partial charge in [-0.25, -0.2) is 4.68 Å². The molecule has 0 radical (unpaired) electrons. The van der Waals surface area contributed by atoms with Crippen molar-refractivity contribution in [1.82, 2.24) is 14.7 Å². The van der Waals surface area contributed by atoms with Crippen LogP contribution in [0, 0.1) is 5.92 Å². The Balaban J connectivity index is 1.79. The van der Waals surface area contributed by atoms with Crippen LogP contribution in [-0.4, -0.2) is 46.1 Å². The van der Waals surface area contributed by atoms with Gasteiger partial charge in [0.25, 0.3) is 0 Å². The predicted molar refractivity (Wildman–Crippen MR) is 84.1 cm³/mol. The van der Waals surface area contributed by atoms with Crippen LogP contribution in [0.4, 0.5) is 5.82 Å². The molecule has 0 aromatic carbocycles. The van der Waals surface area contributed by atoms with Crippen LogP contribution in [0.2, 0.25) is 0 Å². The number of hydrogen-bond acceptors (Lipinski definition) is 4. The lowest BCUT2D eigenvalue weighted by molar-refractivity contribution is -0.123. The number of hydrogen-bond donors (Lipinski definition) is 2. The molecule has 7 nitrogen and oxygen atoms in total. The van der Waals surface area contributed by atoms with Crippen LogP contribution in [0.3, 0.4) is 0 Å². The fourth-order valence-electron chi connectivity index (χ4n) is 2.69. The quantitative estimate of drug-likeness (QED) is 0.780. The fraction of sp³-hybridized carbons (Fsp3) is 0.667. The molecule has 1 aromatic heterocycles. The normalized spacial score (nSPS) is 16.6. The molecule has 3 N–H and O–H groups in total. The van der Waals surface area contributed by atoms with E-state index in [0.29, 0.717) is 6.54 Å². The first-order chi connectivity index (χ1) is 10.6. The average molecular weight is 307 g/mol. The van der Waals surface area contributed by atoms with Gasteiger partial charge in [-0.05, 0) is 32.4 Å². The van der Waals surface area contributed by atoms with Gasteiger partial charge in [-0.3, -0.25) is 14.5 Å². The van der Waals surface area contributed by atoms with E-state index in [0.717, 1.165) is 51.1 Å². The molecule has 0 aliphatic carbocycles. The van der Waals surface area contributed by atoms with E-state index in [2.05, 4.69) is 22.2 Å². The summed E-state index contributed by atoms with van der Waals surface area (Å²) in [5.41, 5.74) is 5.31. The van der Waals surface area contributed by atoms with Crippen molar-refractivity contribution >= 4 is 17.6 Å². The van der Waals surface area contributed by atoms with Gasteiger partial charge in [-0.15, -0.1) is 0 Å². The summed E-state index contributed by atoms with van der Waals surface area (Å²) in [5.74, 6) is 0.417. The lowest BCUT2D eigenvalue weighted by atomic mass is 9.96. The Morgan fingerprint density at radius 1 is 1.41 bits per heavy atom. The largest absolute Gasteiger partial charge is 0.369 e. The number of anilines is 1. The zero-order valence-corrected chi connectivity index (χ0v) is 13.1. The van der Waals surface area contributed by atoms with Crippen LogP contribution in [-0.2, 0) is 16.1 Å². The molecular formula is C15H25N5O2. The molecule has 0 unspecified atom stereocenters. The highest BCUT2D eigenvalue weighted by molar-refractivity contribution is 5.91. The van der Waals surface area contributed by atoms with Crippen LogP contribution in [0.5, 0.6) is 0 Å². The molecule has 2 rings (SSSR count). The Kier molecular flexibility index (Phi) is 5.94. The third kappa shape index (κ3) is 4.56. The molecule has 0 atom stereocenters. The molecule has 7 heteroatoms. The minimum Gasteiger partial charge on any atom is -0.369 e. The molecule has 2 amide bonds. The molecule has 1 saturated heterocycles. The van der Waals surface area contributed by atoms with E-state index in [1.165, 1.54) is 0 Å². The molecule has 0 bridgehead atoms. The Morgan fingerprint density at radius 2 is 2.14 bits per heavy atom. The number of nitrogens with one attached hydrogen (secondary N) is 1. The van der Waals surface area contributed by atoms with E-state index >= 15 is 0 Å². The van der Waals surface area contributed by atoms with E-state index in [-0.39, 0.29) is 17.7 Å². The predicted octanol–water partition coefficient (Wildman–Crippen LogP) is 0.819. The molecule has 1 aromatic rings. The van der Waals surface area contributed by atoms with Crippen molar-refractivity contribution < 1.29 is 9.59 Å². The minimum absolute atomic E-state index is 0.0456. The molecule has 122 valence electrons. The van der Waals surface area contributed by atoms with Crippen LogP contribution < -0.4 is 11.1 Å². The van der Waals surface area contributed by atoms with E-state index in [1.54, 1.807) is 6.20 Å². The van der Waals surface area contributed by atoms with Crippen LogP contribution in [0.15, 0.2) is 12.3 Å². The molecule has 1 aliphatic rings. The molecule has 1 aliphatic heterocycles. The lowest BCUT2D eigenvalue weighted by Crippen LogP contribution is -2.42. The van der Waals surface area contributed by atoms with Crippen molar-refractivity contribution in [1.29, 1.82) is 0 Å². The van der Waals surface area contributed by atoms with Crippen molar-refractivity contribution in [3.8, 4) is 0 Å². The zero-order valence-electron chi connectivity index (χ0n) is 13.1. The first-order valence-electron chi connectivity index (χ1n) is 7.93. The number of carbonyl (C=O) groups is 2. The summed E-state index contributed by atoms with van der Waals surface area (Å²) in [5, 5.41) is 7.13. The maximum Gasteiger partial charge on any atom is 0.239 e. The Morgan fingerprint density at radius 3 is 2.77 bits per heavy atom. The monoisotopic (exact) mass is 307 g/mol. The highest BCUT2D eigenvalue weighted by atomic mass is 16.2. The average Bonchev–Trinajstić information content (AvgIpc) is 2.92. The van der Waals surface area contributed by atoms with Gasteiger partial charge < -0.3 is 11.1 Å². The second kappa shape index (κ2) is 7.93. The number of aryl methyl sites for hydroxylation is 1. The van der Waals surface area contributed by atoms with E-state index in [9.17, 15) is 9.59 Å². The van der Waals surface area contributed by atoms with Crippen LogP contribution in [0.25, 0.3) is 0 Å². The molecule has 1 fully saturated rings. The van der Waals surface area contributed by atoms with Crippen LogP contribution in [0.1, 0.15) is 32.6 Å². The molecule has 0 saturated carbocycles.